The number of anilines is 6. The molecule has 0 fully saturated rings. The van der Waals surface area contributed by atoms with Crippen LogP contribution in [0.3, 0.4) is 0 Å². The predicted molar refractivity (Wildman–Crippen MR) is 364 cm³/mol. The van der Waals surface area contributed by atoms with Gasteiger partial charge in [-0.15, -0.1) is 0 Å². The van der Waals surface area contributed by atoms with Gasteiger partial charge in [0.2, 0.25) is 0 Å². The molecular formula is C82H60N2O2. The lowest BCUT2D eigenvalue weighted by molar-refractivity contribution is 0.657. The van der Waals surface area contributed by atoms with Crippen molar-refractivity contribution in [2.24, 2.45) is 0 Å². The van der Waals surface area contributed by atoms with E-state index in [4.69, 9.17) is 8.83 Å². The number of hydrogen-bond donors (Lipinski definition) is 0. The lowest BCUT2D eigenvalue weighted by Gasteiger charge is -2.30. The minimum Gasteiger partial charge on any atom is -0.454 e. The number of para-hydroxylation sites is 4. The van der Waals surface area contributed by atoms with E-state index >= 15 is 0 Å². The Labute approximate surface area is 500 Å². The van der Waals surface area contributed by atoms with E-state index in [-0.39, 0.29) is 11.8 Å². The molecule has 0 spiro atoms. The molecule has 0 radical (unpaired) electrons. The zero-order chi connectivity index (χ0) is 57.6. The molecular weight excluding hydrogens is 1040 g/mol. The van der Waals surface area contributed by atoms with Gasteiger partial charge in [0, 0.05) is 43.7 Å². The number of rotatable bonds is 12. The lowest BCUT2D eigenvalue weighted by Crippen LogP contribution is -2.12. The van der Waals surface area contributed by atoms with E-state index in [9.17, 15) is 0 Å². The van der Waals surface area contributed by atoms with Gasteiger partial charge in [-0.3, -0.25) is 0 Å². The van der Waals surface area contributed by atoms with E-state index in [0.29, 0.717) is 0 Å². The van der Waals surface area contributed by atoms with Crippen molar-refractivity contribution in [2.45, 2.75) is 39.5 Å². The molecule has 2 heterocycles. The maximum Gasteiger partial charge on any atom is 0.159 e. The second kappa shape index (κ2) is 20.6. The van der Waals surface area contributed by atoms with Crippen LogP contribution in [0, 0.1) is 0 Å². The topological polar surface area (TPSA) is 32.8 Å². The molecule has 410 valence electrons. The lowest BCUT2D eigenvalue weighted by atomic mass is 9.91. The number of benzene rings is 14. The second-order valence-corrected chi connectivity index (χ2v) is 23.5. The van der Waals surface area contributed by atoms with Crippen LogP contribution in [0.4, 0.5) is 34.1 Å². The minimum atomic E-state index is 0.274. The Hall–Kier alpha value is -10.7. The summed E-state index contributed by atoms with van der Waals surface area (Å²) < 4.78 is 14.5. The van der Waals surface area contributed by atoms with Gasteiger partial charge < -0.3 is 18.6 Å². The summed E-state index contributed by atoms with van der Waals surface area (Å²) in [6.45, 7) is 8.98. The van der Waals surface area contributed by atoms with Crippen molar-refractivity contribution in [1.29, 1.82) is 0 Å². The van der Waals surface area contributed by atoms with Crippen LogP contribution >= 0.6 is 0 Å². The fraction of sp³-hybridized carbons (Fsp3) is 0.0732. The molecule has 4 heteroatoms. The molecule has 86 heavy (non-hydrogen) atoms. The van der Waals surface area contributed by atoms with Crippen molar-refractivity contribution >= 4 is 110 Å². The largest absolute Gasteiger partial charge is 0.454 e. The molecule has 0 aliphatic carbocycles. The van der Waals surface area contributed by atoms with Crippen LogP contribution in [-0.2, 0) is 0 Å². The molecule has 0 amide bonds. The van der Waals surface area contributed by atoms with Gasteiger partial charge in [-0.25, -0.2) is 0 Å². The molecule has 14 aromatic carbocycles. The van der Waals surface area contributed by atoms with Gasteiger partial charge in [-0.1, -0.05) is 246 Å². The highest BCUT2D eigenvalue weighted by Gasteiger charge is 2.28. The van der Waals surface area contributed by atoms with Crippen molar-refractivity contribution in [3.63, 3.8) is 0 Å². The van der Waals surface area contributed by atoms with Crippen LogP contribution in [0.25, 0.3) is 121 Å². The molecule has 4 nitrogen and oxygen atoms in total. The molecule has 2 aromatic heterocycles. The van der Waals surface area contributed by atoms with Crippen LogP contribution in [0.15, 0.2) is 288 Å². The number of furan rings is 2. The van der Waals surface area contributed by atoms with E-state index in [1.54, 1.807) is 0 Å². The Bertz CT molecular complexity index is 4790. The van der Waals surface area contributed by atoms with Crippen LogP contribution in [-0.4, -0.2) is 0 Å². The Morgan fingerprint density at radius 3 is 0.895 bits per heavy atom. The fourth-order valence-corrected chi connectivity index (χ4v) is 13.6. The van der Waals surface area contributed by atoms with E-state index in [1.807, 2.05) is 0 Å². The average Bonchev–Trinajstić information content (AvgIpc) is 1.01. The SMILES string of the molecule is CC(C)c1cccc2c1oc1c(N(c3cc(-c4ccccc4)cc(-c4ccccc4)c3)c3ccc4ccc5c(N(c6cc(-c7ccccc7)cc(-c7ccccc7)c6)c6cccc7c6oc6c(C(C)C)cccc67)ccc6ccc3c4c65)cccc12. The molecule has 0 unspecified atom stereocenters. The van der Waals surface area contributed by atoms with Gasteiger partial charge >= 0.3 is 0 Å². The fourth-order valence-electron chi connectivity index (χ4n) is 13.6. The first kappa shape index (κ1) is 51.0. The highest BCUT2D eigenvalue weighted by atomic mass is 16.3. The van der Waals surface area contributed by atoms with Crippen LogP contribution in [0.2, 0.25) is 0 Å². The third-order valence-electron chi connectivity index (χ3n) is 17.7. The molecule has 0 saturated carbocycles. The standard InChI is InChI=1S/C82H60N2O2/c1-51(2)65-29-17-31-67-69-33-19-35-75(81(69)85-79(65)67)83(63-47-59(53-21-9-5-10-22-53)45-60(48-63)54-23-11-6-12-24-54)73-43-39-57-38-42-72-74(44-40-58-37-41-71(73)77(57)78(58)72)84(76-36-20-34-70-68-32-18-30-66(52(3)4)80(68)86-82(70)76)64-49-61(55-25-13-7-14-26-55)46-62(50-64)56-27-15-8-16-28-56/h5-52H,1-4H3. The summed E-state index contributed by atoms with van der Waals surface area (Å²) in [6.07, 6.45) is 0. The second-order valence-electron chi connectivity index (χ2n) is 23.5. The highest BCUT2D eigenvalue weighted by molar-refractivity contribution is 6.29. The highest BCUT2D eigenvalue weighted by Crippen LogP contribution is 2.52. The van der Waals surface area contributed by atoms with Gasteiger partial charge in [0.05, 0.1) is 22.7 Å². The molecule has 0 aliphatic rings. The van der Waals surface area contributed by atoms with E-state index in [2.05, 4.69) is 317 Å². The summed E-state index contributed by atoms with van der Waals surface area (Å²) in [7, 11) is 0. The number of hydrogen-bond acceptors (Lipinski definition) is 4. The Balaban J connectivity index is 0.987. The zero-order valence-corrected chi connectivity index (χ0v) is 48.4. The van der Waals surface area contributed by atoms with Crippen molar-refractivity contribution in [3.05, 3.63) is 290 Å². The predicted octanol–water partition coefficient (Wildman–Crippen LogP) is 24.2. The molecule has 0 N–H and O–H groups in total. The summed E-state index contributed by atoms with van der Waals surface area (Å²) in [5.74, 6) is 0.549. The summed E-state index contributed by atoms with van der Waals surface area (Å²) in [5, 5.41) is 11.4. The quantitative estimate of drug-likeness (QED) is 0.114. The first-order chi connectivity index (χ1) is 42.3. The average molecular weight is 1110 g/mol. The monoisotopic (exact) mass is 1100 g/mol. The summed E-state index contributed by atoms with van der Waals surface area (Å²) >= 11 is 0. The maximum atomic E-state index is 7.27. The van der Waals surface area contributed by atoms with E-state index in [0.717, 1.165) is 144 Å². The van der Waals surface area contributed by atoms with Crippen molar-refractivity contribution in [1.82, 2.24) is 0 Å². The normalized spacial score (nSPS) is 11.9. The Kier molecular flexibility index (Phi) is 12.2. The van der Waals surface area contributed by atoms with Crippen LogP contribution in [0.1, 0.15) is 50.7 Å². The van der Waals surface area contributed by atoms with Gasteiger partial charge in [-0.05, 0) is 150 Å². The molecule has 0 bridgehead atoms. The van der Waals surface area contributed by atoms with Crippen LogP contribution in [0.5, 0.6) is 0 Å². The summed E-state index contributed by atoms with van der Waals surface area (Å²) in [4.78, 5) is 4.93. The Morgan fingerprint density at radius 1 is 0.244 bits per heavy atom. The smallest absolute Gasteiger partial charge is 0.159 e. The van der Waals surface area contributed by atoms with E-state index < -0.39 is 0 Å². The summed E-state index contributed by atoms with van der Waals surface area (Å²) in [6, 6.07) is 102. The molecule has 0 aliphatic heterocycles. The van der Waals surface area contributed by atoms with Gasteiger partial charge in [0.1, 0.15) is 11.2 Å². The van der Waals surface area contributed by atoms with Crippen molar-refractivity contribution in [3.8, 4) is 44.5 Å². The number of fused-ring (bicyclic) bond motifs is 6. The first-order valence-corrected chi connectivity index (χ1v) is 30.0. The van der Waals surface area contributed by atoms with E-state index in [1.165, 1.54) is 21.9 Å². The minimum absolute atomic E-state index is 0.274. The van der Waals surface area contributed by atoms with Gasteiger partial charge in [-0.2, -0.15) is 0 Å². The van der Waals surface area contributed by atoms with Crippen LogP contribution < -0.4 is 9.80 Å². The van der Waals surface area contributed by atoms with Crippen molar-refractivity contribution < 1.29 is 8.83 Å². The first-order valence-electron chi connectivity index (χ1n) is 30.0. The third-order valence-corrected chi connectivity index (χ3v) is 17.7. The Morgan fingerprint density at radius 2 is 0.558 bits per heavy atom. The zero-order valence-electron chi connectivity index (χ0n) is 48.4. The maximum absolute atomic E-state index is 7.27. The van der Waals surface area contributed by atoms with Crippen molar-refractivity contribution in [2.75, 3.05) is 9.80 Å². The van der Waals surface area contributed by atoms with Gasteiger partial charge in [0.25, 0.3) is 0 Å². The number of nitrogens with zero attached hydrogens (tertiary/aromatic N) is 2. The van der Waals surface area contributed by atoms with Gasteiger partial charge in [0.15, 0.2) is 11.2 Å². The molecule has 0 atom stereocenters. The molecule has 16 rings (SSSR count). The molecule has 0 saturated heterocycles. The third kappa shape index (κ3) is 8.43. The summed E-state index contributed by atoms with van der Waals surface area (Å²) in [5.41, 5.74) is 21.1. The molecule has 16 aromatic rings.